The van der Waals surface area contributed by atoms with Crippen LogP contribution in [0, 0.1) is 6.92 Å². The molecule has 0 aliphatic carbocycles. The molecule has 0 atom stereocenters. The van der Waals surface area contributed by atoms with Gasteiger partial charge in [-0.1, -0.05) is 12.1 Å². The van der Waals surface area contributed by atoms with Gasteiger partial charge in [0, 0.05) is 10.2 Å². The average Bonchev–Trinajstić information content (AvgIpc) is 2.07. The number of hydrogen-bond donors (Lipinski definition) is 2. The van der Waals surface area contributed by atoms with Gasteiger partial charge in [-0.3, -0.25) is 4.79 Å². The molecule has 0 saturated heterocycles. The summed E-state index contributed by atoms with van der Waals surface area (Å²) < 4.78 is 0.969. The van der Waals surface area contributed by atoms with Crippen LogP contribution in [0.2, 0.25) is 0 Å². The van der Waals surface area contributed by atoms with E-state index in [0.29, 0.717) is 0 Å². The lowest BCUT2D eigenvalue weighted by Gasteiger charge is -2.07. The molecule has 0 heterocycles. The smallest absolute Gasteiger partial charge is 0.236 e. The van der Waals surface area contributed by atoms with Crippen LogP contribution in [0.25, 0.3) is 0 Å². The minimum Gasteiger partial charge on any atom is -0.375 e. The van der Waals surface area contributed by atoms with Gasteiger partial charge in [0.2, 0.25) is 5.91 Å². The molecule has 3 nitrogen and oxygen atoms in total. The monoisotopic (exact) mass is 242 g/mol. The van der Waals surface area contributed by atoms with Crippen molar-refractivity contribution < 1.29 is 4.79 Å². The lowest BCUT2D eigenvalue weighted by atomic mass is 10.2. The molecule has 1 rings (SSSR count). The predicted molar refractivity (Wildman–Crippen MR) is 56.6 cm³/mol. The van der Waals surface area contributed by atoms with Gasteiger partial charge in [-0.2, -0.15) is 0 Å². The zero-order valence-electron chi connectivity index (χ0n) is 7.30. The zero-order chi connectivity index (χ0) is 9.84. The molecular weight excluding hydrogens is 232 g/mol. The Hall–Kier alpha value is -1.03. The van der Waals surface area contributed by atoms with E-state index >= 15 is 0 Å². The van der Waals surface area contributed by atoms with Gasteiger partial charge in [0.15, 0.2) is 0 Å². The van der Waals surface area contributed by atoms with Crippen molar-refractivity contribution >= 4 is 27.5 Å². The summed E-state index contributed by atoms with van der Waals surface area (Å²) in [5.74, 6) is -0.367. The summed E-state index contributed by atoms with van der Waals surface area (Å²) in [6.45, 7) is 2.14. The largest absolute Gasteiger partial charge is 0.375 e. The molecule has 0 bridgehead atoms. The Morgan fingerprint density at radius 2 is 2.31 bits per heavy atom. The molecule has 1 amide bonds. The van der Waals surface area contributed by atoms with Crippen molar-refractivity contribution in [3.05, 3.63) is 28.2 Å². The summed E-state index contributed by atoms with van der Waals surface area (Å²) in [6, 6.07) is 5.79. The molecule has 0 unspecified atom stereocenters. The summed E-state index contributed by atoms with van der Waals surface area (Å²) in [5.41, 5.74) is 7.02. The highest BCUT2D eigenvalue weighted by Crippen LogP contribution is 2.25. The molecule has 0 aromatic heterocycles. The Kier molecular flexibility index (Phi) is 3.31. The first-order valence-corrected chi connectivity index (χ1v) is 4.68. The fraction of sp³-hybridized carbons (Fsp3) is 0.222. The number of carbonyl (C=O) groups excluding carboxylic acids is 1. The average molecular weight is 243 g/mol. The lowest BCUT2D eigenvalue weighted by molar-refractivity contribution is -0.116. The van der Waals surface area contributed by atoms with Crippen LogP contribution in [0.1, 0.15) is 5.56 Å². The SMILES string of the molecule is Cc1cccc(NCC(N)=O)c1Br. The molecule has 0 saturated carbocycles. The number of amides is 1. The number of halogens is 1. The fourth-order valence-electron chi connectivity index (χ4n) is 0.966. The number of aryl methyl sites for hydroxylation is 1. The van der Waals surface area contributed by atoms with Crippen LogP contribution >= 0.6 is 15.9 Å². The third kappa shape index (κ3) is 2.73. The number of carbonyl (C=O) groups is 1. The van der Waals surface area contributed by atoms with Crippen LogP contribution in [-0.2, 0) is 4.79 Å². The van der Waals surface area contributed by atoms with Crippen LogP contribution in [0.3, 0.4) is 0 Å². The van der Waals surface area contributed by atoms with Gasteiger partial charge in [0.25, 0.3) is 0 Å². The van der Waals surface area contributed by atoms with E-state index in [1.165, 1.54) is 0 Å². The van der Waals surface area contributed by atoms with Crippen molar-refractivity contribution in [2.75, 3.05) is 11.9 Å². The Bertz CT molecular complexity index is 325. The number of benzene rings is 1. The van der Waals surface area contributed by atoms with Gasteiger partial charge in [-0.05, 0) is 34.5 Å². The van der Waals surface area contributed by atoms with Crippen LogP contribution < -0.4 is 11.1 Å². The lowest BCUT2D eigenvalue weighted by Crippen LogP contribution is -2.21. The summed E-state index contributed by atoms with van der Waals surface area (Å²) in [7, 11) is 0. The molecule has 13 heavy (non-hydrogen) atoms. The second kappa shape index (κ2) is 4.28. The zero-order valence-corrected chi connectivity index (χ0v) is 8.89. The van der Waals surface area contributed by atoms with E-state index in [-0.39, 0.29) is 12.5 Å². The first kappa shape index (κ1) is 10.1. The van der Waals surface area contributed by atoms with E-state index in [9.17, 15) is 4.79 Å². The quantitative estimate of drug-likeness (QED) is 0.848. The Morgan fingerprint density at radius 3 is 2.92 bits per heavy atom. The standard InChI is InChI=1S/C9H11BrN2O/c1-6-3-2-4-7(9(6)10)12-5-8(11)13/h2-4,12H,5H2,1H3,(H2,11,13). The van der Waals surface area contributed by atoms with Crippen LogP contribution in [0.5, 0.6) is 0 Å². The molecule has 0 aliphatic heterocycles. The highest BCUT2D eigenvalue weighted by Gasteiger charge is 2.01. The predicted octanol–water partition coefficient (Wildman–Crippen LogP) is 1.65. The number of nitrogens with one attached hydrogen (secondary N) is 1. The minimum atomic E-state index is -0.367. The molecule has 0 radical (unpaired) electrons. The molecule has 70 valence electrons. The number of hydrogen-bond acceptors (Lipinski definition) is 2. The maximum absolute atomic E-state index is 10.5. The normalized spacial score (nSPS) is 9.69. The highest BCUT2D eigenvalue weighted by molar-refractivity contribution is 9.10. The number of anilines is 1. The molecule has 0 spiro atoms. The second-order valence-corrected chi connectivity index (χ2v) is 3.55. The Balaban J connectivity index is 2.77. The van der Waals surface area contributed by atoms with E-state index in [1.54, 1.807) is 0 Å². The van der Waals surface area contributed by atoms with Gasteiger partial charge < -0.3 is 11.1 Å². The molecule has 1 aromatic carbocycles. The van der Waals surface area contributed by atoms with Crippen LogP contribution in [0.15, 0.2) is 22.7 Å². The van der Waals surface area contributed by atoms with E-state index in [1.807, 2.05) is 25.1 Å². The van der Waals surface area contributed by atoms with Gasteiger partial charge in [0.1, 0.15) is 0 Å². The third-order valence-electron chi connectivity index (χ3n) is 1.64. The number of rotatable bonds is 3. The van der Waals surface area contributed by atoms with Crippen LogP contribution in [0.4, 0.5) is 5.69 Å². The van der Waals surface area contributed by atoms with Crippen molar-refractivity contribution in [1.82, 2.24) is 0 Å². The van der Waals surface area contributed by atoms with E-state index in [0.717, 1.165) is 15.7 Å². The van der Waals surface area contributed by atoms with E-state index < -0.39 is 0 Å². The van der Waals surface area contributed by atoms with Crippen molar-refractivity contribution in [1.29, 1.82) is 0 Å². The molecule has 4 heteroatoms. The maximum Gasteiger partial charge on any atom is 0.236 e. The molecule has 0 aliphatic rings. The summed E-state index contributed by atoms with van der Waals surface area (Å²) in [4.78, 5) is 10.5. The van der Waals surface area contributed by atoms with Crippen molar-refractivity contribution in [2.45, 2.75) is 6.92 Å². The Labute approximate surface area is 85.4 Å². The van der Waals surface area contributed by atoms with Gasteiger partial charge in [0.05, 0.1) is 6.54 Å². The maximum atomic E-state index is 10.5. The number of primary amides is 1. The molecule has 0 fully saturated rings. The van der Waals surface area contributed by atoms with Crippen LogP contribution in [-0.4, -0.2) is 12.5 Å². The van der Waals surface area contributed by atoms with Gasteiger partial charge in [-0.15, -0.1) is 0 Å². The molecular formula is C9H11BrN2O. The molecule has 1 aromatic rings. The van der Waals surface area contributed by atoms with E-state index in [2.05, 4.69) is 21.2 Å². The highest BCUT2D eigenvalue weighted by atomic mass is 79.9. The summed E-state index contributed by atoms with van der Waals surface area (Å²) in [6.07, 6.45) is 0. The first-order valence-electron chi connectivity index (χ1n) is 3.88. The minimum absolute atomic E-state index is 0.155. The Morgan fingerprint density at radius 1 is 1.62 bits per heavy atom. The van der Waals surface area contributed by atoms with Crippen molar-refractivity contribution in [3.63, 3.8) is 0 Å². The first-order chi connectivity index (χ1) is 6.11. The fourth-order valence-corrected chi connectivity index (χ4v) is 1.37. The summed E-state index contributed by atoms with van der Waals surface area (Å²) >= 11 is 3.42. The van der Waals surface area contributed by atoms with Crippen molar-refractivity contribution in [2.24, 2.45) is 5.73 Å². The molecule has 3 N–H and O–H groups in total. The van der Waals surface area contributed by atoms with Gasteiger partial charge >= 0.3 is 0 Å². The second-order valence-electron chi connectivity index (χ2n) is 2.76. The van der Waals surface area contributed by atoms with E-state index in [4.69, 9.17) is 5.73 Å². The van der Waals surface area contributed by atoms with Gasteiger partial charge in [-0.25, -0.2) is 0 Å². The topological polar surface area (TPSA) is 55.1 Å². The van der Waals surface area contributed by atoms with Crippen molar-refractivity contribution in [3.8, 4) is 0 Å². The third-order valence-corrected chi connectivity index (χ3v) is 2.70. The number of nitrogens with two attached hydrogens (primary N) is 1. The summed E-state index contributed by atoms with van der Waals surface area (Å²) in [5, 5.41) is 2.93.